The van der Waals surface area contributed by atoms with Gasteiger partial charge in [0.2, 0.25) is 11.8 Å². The van der Waals surface area contributed by atoms with E-state index in [0.29, 0.717) is 43.8 Å². The first-order chi connectivity index (χ1) is 13.6. The van der Waals surface area contributed by atoms with Gasteiger partial charge in [0, 0.05) is 44.5 Å². The molecule has 1 aromatic rings. The van der Waals surface area contributed by atoms with Crippen molar-refractivity contribution in [1.82, 2.24) is 10.2 Å². The fourth-order valence-corrected chi connectivity index (χ4v) is 3.25. The molecule has 0 radical (unpaired) electrons. The number of ether oxygens (including phenoxy) is 1. The molecular formula is C21H31N3O4. The van der Waals surface area contributed by atoms with Crippen LogP contribution in [0.5, 0.6) is 0 Å². The Kier molecular flexibility index (Phi) is 8.94. The van der Waals surface area contributed by atoms with Gasteiger partial charge >= 0.3 is 0 Å². The van der Waals surface area contributed by atoms with Crippen LogP contribution in [0.4, 0.5) is 5.69 Å². The fraction of sp³-hybridized carbons (Fsp3) is 0.571. The van der Waals surface area contributed by atoms with Crippen molar-refractivity contribution in [3.05, 3.63) is 29.8 Å². The standard InChI is InChI=1S/C21H31N3O4/c1-3-4-8-19(25)23-17-11-9-16(10-12-17)21(27)24-14-5-7-18(24)20(26)22-13-6-15-28-2/h9-12,18H,3-8,13-15H2,1-2H3,(H,22,26)(H,23,25). The van der Waals surface area contributed by atoms with E-state index in [4.69, 9.17) is 4.74 Å². The number of carbonyl (C=O) groups is 3. The number of carbonyl (C=O) groups excluding carboxylic acids is 3. The first-order valence-corrected chi connectivity index (χ1v) is 10.0. The lowest BCUT2D eigenvalue weighted by molar-refractivity contribution is -0.124. The molecule has 3 amide bonds. The second-order valence-corrected chi connectivity index (χ2v) is 7.02. The summed E-state index contributed by atoms with van der Waals surface area (Å²) in [6, 6.07) is 6.43. The molecule has 1 fully saturated rings. The van der Waals surface area contributed by atoms with Gasteiger partial charge < -0.3 is 20.3 Å². The zero-order valence-corrected chi connectivity index (χ0v) is 16.8. The van der Waals surface area contributed by atoms with Crippen LogP contribution < -0.4 is 10.6 Å². The van der Waals surface area contributed by atoms with Crippen molar-refractivity contribution >= 4 is 23.4 Å². The summed E-state index contributed by atoms with van der Waals surface area (Å²) >= 11 is 0. The van der Waals surface area contributed by atoms with Gasteiger partial charge in [0.05, 0.1) is 0 Å². The molecule has 0 spiro atoms. The van der Waals surface area contributed by atoms with Crippen LogP contribution in [0.15, 0.2) is 24.3 Å². The molecule has 1 saturated heterocycles. The average Bonchev–Trinajstić information content (AvgIpc) is 3.19. The molecule has 7 nitrogen and oxygen atoms in total. The van der Waals surface area contributed by atoms with Crippen LogP contribution in [0.1, 0.15) is 55.8 Å². The molecule has 0 aliphatic carbocycles. The molecule has 154 valence electrons. The number of rotatable bonds is 10. The average molecular weight is 389 g/mol. The minimum Gasteiger partial charge on any atom is -0.385 e. The number of methoxy groups -OCH3 is 1. The Hall–Kier alpha value is -2.41. The van der Waals surface area contributed by atoms with Crippen LogP contribution >= 0.6 is 0 Å². The zero-order valence-electron chi connectivity index (χ0n) is 16.8. The predicted molar refractivity (Wildman–Crippen MR) is 108 cm³/mol. The summed E-state index contributed by atoms with van der Waals surface area (Å²) in [6.07, 6.45) is 4.55. The van der Waals surface area contributed by atoms with Gasteiger partial charge in [-0.15, -0.1) is 0 Å². The highest BCUT2D eigenvalue weighted by Crippen LogP contribution is 2.21. The molecule has 1 atom stereocenters. The normalized spacial score (nSPS) is 16.1. The highest BCUT2D eigenvalue weighted by molar-refractivity contribution is 5.98. The Balaban J connectivity index is 1.92. The predicted octanol–water partition coefficient (Wildman–Crippen LogP) is 2.57. The monoisotopic (exact) mass is 389 g/mol. The lowest BCUT2D eigenvalue weighted by atomic mass is 10.1. The van der Waals surface area contributed by atoms with Crippen molar-refractivity contribution in [1.29, 1.82) is 0 Å². The largest absolute Gasteiger partial charge is 0.385 e. The van der Waals surface area contributed by atoms with Gasteiger partial charge in [0.1, 0.15) is 6.04 Å². The lowest BCUT2D eigenvalue weighted by Gasteiger charge is -2.24. The van der Waals surface area contributed by atoms with Crippen molar-refractivity contribution < 1.29 is 19.1 Å². The third kappa shape index (κ3) is 6.34. The van der Waals surface area contributed by atoms with E-state index in [1.807, 2.05) is 6.92 Å². The number of unbranched alkanes of at least 4 members (excludes halogenated alkanes) is 1. The van der Waals surface area contributed by atoms with Crippen molar-refractivity contribution in [3.63, 3.8) is 0 Å². The van der Waals surface area contributed by atoms with E-state index in [-0.39, 0.29) is 17.7 Å². The Bertz CT molecular complexity index is 660. The van der Waals surface area contributed by atoms with Crippen LogP contribution in [0.3, 0.4) is 0 Å². The maximum atomic E-state index is 12.9. The molecule has 1 unspecified atom stereocenters. The Morgan fingerprint density at radius 3 is 2.61 bits per heavy atom. The first-order valence-electron chi connectivity index (χ1n) is 10.0. The lowest BCUT2D eigenvalue weighted by Crippen LogP contribution is -2.46. The summed E-state index contributed by atoms with van der Waals surface area (Å²) in [5.41, 5.74) is 1.19. The van der Waals surface area contributed by atoms with Gasteiger partial charge in [-0.3, -0.25) is 14.4 Å². The van der Waals surface area contributed by atoms with Gasteiger partial charge in [0.25, 0.3) is 5.91 Å². The summed E-state index contributed by atoms with van der Waals surface area (Å²) in [5, 5.41) is 5.72. The summed E-state index contributed by atoms with van der Waals surface area (Å²) in [5.74, 6) is -0.286. The molecule has 1 aliphatic heterocycles. The second kappa shape index (κ2) is 11.4. The first kappa shape index (κ1) is 21.9. The molecule has 28 heavy (non-hydrogen) atoms. The van der Waals surface area contributed by atoms with E-state index in [9.17, 15) is 14.4 Å². The molecule has 0 aromatic heterocycles. The summed E-state index contributed by atoms with van der Waals surface area (Å²) in [4.78, 5) is 38.7. The van der Waals surface area contributed by atoms with Gasteiger partial charge in [0.15, 0.2) is 0 Å². The Morgan fingerprint density at radius 2 is 1.93 bits per heavy atom. The third-order valence-electron chi connectivity index (χ3n) is 4.81. The maximum Gasteiger partial charge on any atom is 0.254 e. The van der Waals surface area contributed by atoms with E-state index in [1.165, 1.54) is 0 Å². The Labute approximate surface area is 166 Å². The number of benzene rings is 1. The number of likely N-dealkylation sites (tertiary alicyclic amines) is 1. The van der Waals surface area contributed by atoms with Crippen LogP contribution in [0.25, 0.3) is 0 Å². The van der Waals surface area contributed by atoms with Gasteiger partial charge in [-0.05, 0) is 49.9 Å². The minimum absolute atomic E-state index is 0.0225. The minimum atomic E-state index is -0.427. The number of amides is 3. The maximum absolute atomic E-state index is 12.9. The highest BCUT2D eigenvalue weighted by Gasteiger charge is 2.34. The van der Waals surface area contributed by atoms with Crippen LogP contribution in [0, 0.1) is 0 Å². The number of hydrogen-bond acceptors (Lipinski definition) is 4. The zero-order chi connectivity index (χ0) is 20.4. The van der Waals surface area contributed by atoms with Gasteiger partial charge in [-0.25, -0.2) is 0 Å². The van der Waals surface area contributed by atoms with E-state index in [0.717, 1.165) is 25.7 Å². The molecule has 0 saturated carbocycles. The number of hydrogen-bond donors (Lipinski definition) is 2. The van der Waals surface area contributed by atoms with Crippen molar-refractivity contribution in [2.24, 2.45) is 0 Å². The quantitative estimate of drug-likeness (QED) is 0.602. The van der Waals surface area contributed by atoms with E-state index < -0.39 is 6.04 Å². The van der Waals surface area contributed by atoms with Crippen molar-refractivity contribution in [2.75, 3.05) is 32.1 Å². The van der Waals surface area contributed by atoms with Crippen molar-refractivity contribution in [2.45, 2.75) is 51.5 Å². The number of nitrogens with one attached hydrogen (secondary N) is 2. The topological polar surface area (TPSA) is 87.7 Å². The molecular weight excluding hydrogens is 358 g/mol. The number of anilines is 1. The van der Waals surface area contributed by atoms with Crippen LogP contribution in [-0.4, -0.2) is 55.5 Å². The van der Waals surface area contributed by atoms with E-state index in [1.54, 1.807) is 36.3 Å². The smallest absolute Gasteiger partial charge is 0.254 e. The fourth-order valence-electron chi connectivity index (χ4n) is 3.25. The third-order valence-corrected chi connectivity index (χ3v) is 4.81. The molecule has 2 N–H and O–H groups in total. The Morgan fingerprint density at radius 1 is 1.18 bits per heavy atom. The van der Waals surface area contributed by atoms with E-state index >= 15 is 0 Å². The molecule has 1 aliphatic rings. The molecule has 1 heterocycles. The van der Waals surface area contributed by atoms with Crippen molar-refractivity contribution in [3.8, 4) is 0 Å². The SMILES string of the molecule is CCCCC(=O)Nc1ccc(C(=O)N2CCCC2C(=O)NCCCOC)cc1. The highest BCUT2D eigenvalue weighted by atomic mass is 16.5. The number of nitrogens with zero attached hydrogens (tertiary/aromatic N) is 1. The summed E-state index contributed by atoms with van der Waals surface area (Å²) < 4.78 is 4.98. The molecule has 1 aromatic carbocycles. The molecule has 2 rings (SSSR count). The second-order valence-electron chi connectivity index (χ2n) is 7.02. The van der Waals surface area contributed by atoms with Gasteiger partial charge in [-0.1, -0.05) is 13.3 Å². The molecule has 0 bridgehead atoms. The van der Waals surface area contributed by atoms with Crippen LogP contribution in [-0.2, 0) is 14.3 Å². The van der Waals surface area contributed by atoms with Gasteiger partial charge in [-0.2, -0.15) is 0 Å². The van der Waals surface area contributed by atoms with Crippen LogP contribution in [0.2, 0.25) is 0 Å². The summed E-state index contributed by atoms with van der Waals surface area (Å²) in [6.45, 7) is 3.75. The summed E-state index contributed by atoms with van der Waals surface area (Å²) in [7, 11) is 1.63. The molecule has 7 heteroatoms. The van der Waals surface area contributed by atoms with E-state index in [2.05, 4.69) is 10.6 Å².